The second kappa shape index (κ2) is 72.0. The number of rotatable bonds is 79. The second-order valence-corrected chi connectivity index (χ2v) is 31.6. The van der Waals surface area contributed by atoms with E-state index < -0.39 is 97.5 Å². The van der Waals surface area contributed by atoms with Crippen LogP contribution in [0, 0.1) is 5.92 Å². The van der Waals surface area contributed by atoms with Crippen molar-refractivity contribution >= 4 is 39.5 Å². The Morgan fingerprint density at radius 1 is 0.286 bits per heavy atom. The van der Waals surface area contributed by atoms with E-state index in [1.165, 1.54) is 244 Å². The molecule has 0 fully saturated rings. The molecule has 0 aromatic rings. The van der Waals surface area contributed by atoms with Crippen LogP contribution in [-0.4, -0.2) is 96.7 Å². The Kier molecular flexibility index (Phi) is 70.6. The topological polar surface area (TPSA) is 237 Å². The Hall–Kier alpha value is -1.94. The van der Waals surface area contributed by atoms with Crippen LogP contribution >= 0.6 is 15.6 Å². The lowest BCUT2D eigenvalue weighted by atomic mass is 9.99. The van der Waals surface area contributed by atoms with Crippen LogP contribution in [0.3, 0.4) is 0 Å². The quantitative estimate of drug-likeness (QED) is 0.0222. The van der Waals surface area contributed by atoms with Gasteiger partial charge in [0.2, 0.25) is 0 Å². The highest BCUT2D eigenvalue weighted by Crippen LogP contribution is 2.45. The van der Waals surface area contributed by atoms with Crippen LogP contribution in [0.25, 0.3) is 0 Å². The second-order valence-electron chi connectivity index (χ2n) is 28.7. The van der Waals surface area contributed by atoms with Crippen LogP contribution in [0.1, 0.15) is 420 Å². The van der Waals surface area contributed by atoms with Gasteiger partial charge in [0.15, 0.2) is 12.2 Å². The molecule has 0 amide bonds. The van der Waals surface area contributed by atoms with E-state index in [0.29, 0.717) is 25.7 Å². The van der Waals surface area contributed by atoms with Gasteiger partial charge >= 0.3 is 39.5 Å². The van der Waals surface area contributed by atoms with E-state index in [0.717, 1.165) is 95.8 Å². The molecular formula is C79H154O17P2. The van der Waals surface area contributed by atoms with Gasteiger partial charge < -0.3 is 33.8 Å². The van der Waals surface area contributed by atoms with Crippen LogP contribution in [0.15, 0.2) is 0 Å². The van der Waals surface area contributed by atoms with Crippen molar-refractivity contribution < 1.29 is 80.2 Å². The Bertz CT molecular complexity index is 1880. The summed E-state index contributed by atoms with van der Waals surface area (Å²) in [5, 5.41) is 10.6. The standard InChI is InChI=1S/C79H154O17P2/c1-6-10-13-16-19-22-25-27-29-30-31-32-33-34-36-38-45-50-55-60-65-79(84)96-75(69-90-77(82)63-58-53-48-43-40-39-41-46-51-56-61-72(5)9-4)71-94-98(87,88)92-67-73(80)66-91-97(85,86)93-70-74(68-89-76(81)62-57-52-47-42-24-21-18-15-12-8-3)95-78(83)64-59-54-49-44-37-35-28-26-23-20-17-14-11-7-2/h72-75,80H,6-71H2,1-5H3,(H,85,86)(H,87,88)/t72?,73-,74+,75+/m0/s1. The number of aliphatic hydroxyl groups is 1. The largest absolute Gasteiger partial charge is 0.472 e. The molecule has 19 heteroatoms. The van der Waals surface area contributed by atoms with Gasteiger partial charge in [0.25, 0.3) is 0 Å². The van der Waals surface area contributed by atoms with Crippen molar-refractivity contribution in [3.8, 4) is 0 Å². The number of aliphatic hydroxyl groups excluding tert-OH is 1. The Labute approximate surface area is 600 Å². The van der Waals surface area contributed by atoms with Gasteiger partial charge in [-0.05, 0) is 31.6 Å². The summed E-state index contributed by atoms with van der Waals surface area (Å²) in [5.41, 5.74) is 0. The molecular weight excluding hydrogens is 1280 g/mol. The maximum atomic E-state index is 13.1. The molecule has 3 unspecified atom stereocenters. The molecule has 0 bridgehead atoms. The molecule has 0 aliphatic heterocycles. The summed E-state index contributed by atoms with van der Waals surface area (Å²) < 4.78 is 68.6. The third-order valence-corrected chi connectivity index (χ3v) is 20.8. The highest BCUT2D eigenvalue weighted by atomic mass is 31.2. The van der Waals surface area contributed by atoms with E-state index in [2.05, 4.69) is 34.6 Å². The first-order valence-corrected chi connectivity index (χ1v) is 44.2. The van der Waals surface area contributed by atoms with Crippen molar-refractivity contribution in [2.45, 2.75) is 438 Å². The molecule has 0 aromatic carbocycles. The predicted molar refractivity (Wildman–Crippen MR) is 400 cm³/mol. The molecule has 3 N–H and O–H groups in total. The average Bonchev–Trinajstić information content (AvgIpc) is 0.962. The summed E-state index contributed by atoms with van der Waals surface area (Å²) in [6.07, 6.45) is 62.3. The van der Waals surface area contributed by atoms with Gasteiger partial charge in [0, 0.05) is 25.7 Å². The molecule has 6 atom stereocenters. The Balaban J connectivity index is 5.22. The molecule has 0 saturated carbocycles. The van der Waals surface area contributed by atoms with E-state index in [4.69, 9.17) is 37.0 Å². The summed E-state index contributed by atoms with van der Waals surface area (Å²) >= 11 is 0. The first-order chi connectivity index (χ1) is 47.6. The van der Waals surface area contributed by atoms with Crippen LogP contribution in [0.5, 0.6) is 0 Å². The van der Waals surface area contributed by atoms with E-state index in [-0.39, 0.29) is 25.7 Å². The fourth-order valence-corrected chi connectivity index (χ4v) is 13.8. The molecule has 0 saturated heterocycles. The van der Waals surface area contributed by atoms with Gasteiger partial charge in [-0.2, -0.15) is 0 Å². The first kappa shape index (κ1) is 96.1. The third-order valence-electron chi connectivity index (χ3n) is 18.9. The summed E-state index contributed by atoms with van der Waals surface area (Å²) in [4.78, 5) is 72.9. The number of phosphoric acid groups is 2. The molecule has 0 aliphatic carbocycles. The summed E-state index contributed by atoms with van der Waals surface area (Å²) in [5.74, 6) is -1.30. The minimum absolute atomic E-state index is 0.108. The van der Waals surface area contributed by atoms with Crippen molar-refractivity contribution in [2.75, 3.05) is 39.6 Å². The molecule has 17 nitrogen and oxygen atoms in total. The minimum atomic E-state index is -4.96. The minimum Gasteiger partial charge on any atom is -0.462 e. The summed E-state index contributed by atoms with van der Waals surface area (Å²) in [6, 6.07) is 0. The molecule has 582 valence electrons. The summed E-state index contributed by atoms with van der Waals surface area (Å²) in [7, 11) is -9.91. The van der Waals surface area contributed by atoms with E-state index in [1.807, 2.05) is 0 Å². The van der Waals surface area contributed by atoms with Gasteiger partial charge in [0.1, 0.15) is 19.3 Å². The molecule has 98 heavy (non-hydrogen) atoms. The Morgan fingerprint density at radius 3 is 0.724 bits per heavy atom. The Morgan fingerprint density at radius 2 is 0.490 bits per heavy atom. The van der Waals surface area contributed by atoms with Crippen molar-refractivity contribution in [3.63, 3.8) is 0 Å². The number of hydrogen-bond acceptors (Lipinski definition) is 15. The molecule has 0 radical (unpaired) electrons. The van der Waals surface area contributed by atoms with E-state index in [9.17, 15) is 43.2 Å². The normalized spacial score (nSPS) is 14.2. The zero-order chi connectivity index (χ0) is 71.9. The fraction of sp³-hybridized carbons (Fsp3) is 0.949. The third kappa shape index (κ3) is 71.1. The average molecular weight is 1440 g/mol. The lowest BCUT2D eigenvalue weighted by Crippen LogP contribution is -2.30. The smallest absolute Gasteiger partial charge is 0.462 e. The molecule has 0 heterocycles. The maximum absolute atomic E-state index is 13.1. The van der Waals surface area contributed by atoms with Gasteiger partial charge in [-0.3, -0.25) is 37.3 Å². The maximum Gasteiger partial charge on any atom is 0.472 e. The molecule has 0 aromatic heterocycles. The molecule has 0 rings (SSSR count). The predicted octanol–water partition coefficient (Wildman–Crippen LogP) is 23.6. The van der Waals surface area contributed by atoms with Crippen molar-refractivity contribution in [1.82, 2.24) is 0 Å². The van der Waals surface area contributed by atoms with Gasteiger partial charge in [-0.25, -0.2) is 9.13 Å². The monoisotopic (exact) mass is 1440 g/mol. The number of unbranched alkanes of at least 4 members (excludes halogenated alkanes) is 50. The van der Waals surface area contributed by atoms with Gasteiger partial charge in [-0.1, -0.05) is 369 Å². The van der Waals surface area contributed by atoms with E-state index >= 15 is 0 Å². The lowest BCUT2D eigenvalue weighted by molar-refractivity contribution is -0.161. The highest BCUT2D eigenvalue weighted by molar-refractivity contribution is 7.47. The molecule has 0 aliphatic rings. The van der Waals surface area contributed by atoms with Crippen LogP contribution in [0.4, 0.5) is 0 Å². The van der Waals surface area contributed by atoms with Crippen molar-refractivity contribution in [2.24, 2.45) is 5.92 Å². The van der Waals surface area contributed by atoms with Crippen LogP contribution < -0.4 is 0 Å². The summed E-state index contributed by atoms with van der Waals surface area (Å²) in [6.45, 7) is 7.34. The number of hydrogen-bond donors (Lipinski definition) is 3. The number of esters is 4. The van der Waals surface area contributed by atoms with Gasteiger partial charge in [0.05, 0.1) is 26.4 Å². The lowest BCUT2D eigenvalue weighted by Gasteiger charge is -2.21. The van der Waals surface area contributed by atoms with Gasteiger partial charge in [-0.15, -0.1) is 0 Å². The SMILES string of the molecule is CCCCCCCCCCCCCCCCCCCCCCC(=O)O[C@H](COC(=O)CCCCCCCCCCCCC(C)CC)COP(=O)(O)OC[C@@H](O)COP(=O)(O)OC[C@@H](COC(=O)CCCCCCCCCCCC)OC(=O)CCCCCCCCCCCCCCCC. The zero-order valence-electron chi connectivity index (χ0n) is 63.9. The van der Waals surface area contributed by atoms with Crippen LogP contribution in [0.2, 0.25) is 0 Å². The van der Waals surface area contributed by atoms with Crippen molar-refractivity contribution in [1.29, 1.82) is 0 Å². The first-order valence-electron chi connectivity index (χ1n) is 41.2. The van der Waals surface area contributed by atoms with E-state index in [1.54, 1.807) is 0 Å². The highest BCUT2D eigenvalue weighted by Gasteiger charge is 2.30. The molecule has 0 spiro atoms. The fourth-order valence-electron chi connectivity index (χ4n) is 12.2. The van der Waals surface area contributed by atoms with Crippen LogP contribution in [-0.2, 0) is 65.4 Å². The van der Waals surface area contributed by atoms with Crippen molar-refractivity contribution in [3.05, 3.63) is 0 Å². The zero-order valence-corrected chi connectivity index (χ0v) is 65.7. The number of phosphoric ester groups is 2. The number of carbonyl (C=O) groups is 4. The number of carbonyl (C=O) groups excluding carboxylic acids is 4. The number of ether oxygens (including phenoxy) is 4.